The van der Waals surface area contributed by atoms with Crippen LogP contribution in [0.2, 0.25) is 0 Å². The van der Waals surface area contributed by atoms with Gasteiger partial charge in [0.25, 0.3) is 5.91 Å². The molecule has 10 nitrogen and oxygen atoms in total. The summed E-state index contributed by atoms with van der Waals surface area (Å²) in [6, 6.07) is 3.57. The van der Waals surface area contributed by atoms with Crippen molar-refractivity contribution in [2.45, 2.75) is 6.92 Å². The highest BCUT2D eigenvalue weighted by molar-refractivity contribution is 5.94. The molecular formula is C11H9N3O7. The molecule has 0 bridgehead atoms. The van der Waals surface area contributed by atoms with Crippen molar-refractivity contribution in [2.24, 2.45) is 0 Å². The van der Waals surface area contributed by atoms with Crippen molar-refractivity contribution in [1.29, 1.82) is 0 Å². The lowest BCUT2D eigenvalue weighted by atomic mass is 10.4. The minimum Gasteiger partial charge on any atom is -0.450 e. The van der Waals surface area contributed by atoms with Crippen LogP contribution in [-0.4, -0.2) is 28.6 Å². The van der Waals surface area contributed by atoms with Gasteiger partial charge in [-0.15, -0.1) is 0 Å². The van der Waals surface area contributed by atoms with Gasteiger partial charge in [0.15, 0.2) is 12.4 Å². The van der Waals surface area contributed by atoms with Crippen LogP contribution in [-0.2, 0) is 9.53 Å². The lowest BCUT2D eigenvalue weighted by molar-refractivity contribution is -0.402. The number of hydrogen-bond donors (Lipinski definition) is 1. The Morgan fingerprint density at radius 1 is 1.48 bits per heavy atom. The second kappa shape index (κ2) is 5.86. The number of ether oxygens (including phenoxy) is 1. The summed E-state index contributed by atoms with van der Waals surface area (Å²) in [5.74, 6) is -1.91. The molecule has 110 valence electrons. The number of furan rings is 1. The number of hydrogen-bond acceptors (Lipinski definition) is 8. The van der Waals surface area contributed by atoms with Crippen LogP contribution in [0.15, 0.2) is 27.1 Å². The molecule has 1 N–H and O–H groups in total. The zero-order valence-electron chi connectivity index (χ0n) is 10.7. The van der Waals surface area contributed by atoms with Crippen molar-refractivity contribution in [3.8, 4) is 0 Å². The number of anilines is 1. The molecule has 10 heteroatoms. The second-order valence-corrected chi connectivity index (χ2v) is 3.84. The molecule has 2 aromatic rings. The number of esters is 1. The lowest BCUT2D eigenvalue weighted by Crippen LogP contribution is -2.20. The van der Waals surface area contributed by atoms with Crippen LogP contribution in [0.25, 0.3) is 0 Å². The van der Waals surface area contributed by atoms with Gasteiger partial charge in [-0.1, -0.05) is 5.16 Å². The third-order valence-electron chi connectivity index (χ3n) is 2.20. The van der Waals surface area contributed by atoms with Crippen molar-refractivity contribution in [1.82, 2.24) is 5.16 Å². The molecule has 0 aliphatic heterocycles. The van der Waals surface area contributed by atoms with E-state index in [-0.39, 0.29) is 11.6 Å². The van der Waals surface area contributed by atoms with Crippen molar-refractivity contribution in [3.05, 3.63) is 39.8 Å². The van der Waals surface area contributed by atoms with Gasteiger partial charge in [0.1, 0.15) is 10.7 Å². The number of rotatable bonds is 5. The summed E-state index contributed by atoms with van der Waals surface area (Å²) in [5.41, 5.74) is 0. The van der Waals surface area contributed by atoms with Crippen molar-refractivity contribution in [2.75, 3.05) is 11.9 Å². The van der Waals surface area contributed by atoms with Crippen LogP contribution in [0.4, 0.5) is 11.7 Å². The molecule has 0 aromatic carbocycles. The molecule has 21 heavy (non-hydrogen) atoms. The van der Waals surface area contributed by atoms with Gasteiger partial charge < -0.3 is 19.0 Å². The van der Waals surface area contributed by atoms with Gasteiger partial charge in [-0.05, 0) is 13.0 Å². The fourth-order valence-electron chi connectivity index (χ4n) is 1.34. The number of aromatic nitrogens is 1. The Bertz CT molecular complexity index is 688. The molecule has 2 heterocycles. The van der Waals surface area contributed by atoms with Gasteiger partial charge in [0, 0.05) is 6.07 Å². The topological polar surface area (TPSA) is 138 Å². The summed E-state index contributed by atoms with van der Waals surface area (Å²) >= 11 is 0. The zero-order chi connectivity index (χ0) is 15.4. The van der Waals surface area contributed by atoms with E-state index in [0.717, 1.165) is 12.1 Å². The Morgan fingerprint density at radius 2 is 2.24 bits per heavy atom. The van der Waals surface area contributed by atoms with E-state index in [0.29, 0.717) is 5.76 Å². The number of amides is 1. The Morgan fingerprint density at radius 3 is 2.81 bits per heavy atom. The Labute approximate surface area is 116 Å². The molecule has 0 unspecified atom stereocenters. The predicted octanol–water partition coefficient (Wildman–Crippen LogP) is 1.28. The molecule has 0 saturated heterocycles. The maximum atomic E-state index is 11.5. The fourth-order valence-corrected chi connectivity index (χ4v) is 1.34. The molecule has 1 amide bonds. The maximum Gasteiger partial charge on any atom is 0.433 e. The summed E-state index contributed by atoms with van der Waals surface area (Å²) in [7, 11) is 0. The van der Waals surface area contributed by atoms with E-state index in [9.17, 15) is 19.7 Å². The highest BCUT2D eigenvalue weighted by Gasteiger charge is 2.19. The van der Waals surface area contributed by atoms with Crippen LogP contribution in [0.1, 0.15) is 16.3 Å². The normalized spacial score (nSPS) is 10.1. The summed E-state index contributed by atoms with van der Waals surface area (Å²) in [5, 5.41) is 16.2. The minimum atomic E-state index is -0.991. The number of nitrogens with one attached hydrogen (secondary N) is 1. The van der Waals surface area contributed by atoms with E-state index in [1.807, 2.05) is 0 Å². The highest BCUT2D eigenvalue weighted by atomic mass is 16.7. The van der Waals surface area contributed by atoms with Crippen LogP contribution < -0.4 is 5.32 Å². The van der Waals surface area contributed by atoms with Gasteiger partial charge in [-0.2, -0.15) is 0 Å². The smallest absolute Gasteiger partial charge is 0.433 e. The molecule has 0 spiro atoms. The van der Waals surface area contributed by atoms with Crippen LogP contribution in [0.5, 0.6) is 0 Å². The van der Waals surface area contributed by atoms with Crippen molar-refractivity contribution < 1.29 is 28.2 Å². The molecule has 2 rings (SSSR count). The van der Waals surface area contributed by atoms with E-state index >= 15 is 0 Å². The first-order valence-corrected chi connectivity index (χ1v) is 5.60. The quantitative estimate of drug-likeness (QED) is 0.494. The molecule has 0 fully saturated rings. The molecule has 0 saturated carbocycles. The third kappa shape index (κ3) is 3.65. The fraction of sp³-hybridized carbons (Fsp3) is 0.182. The number of carbonyl (C=O) groups excluding carboxylic acids is 2. The summed E-state index contributed by atoms with van der Waals surface area (Å²) in [6.07, 6.45) is 0. The molecule has 0 aliphatic carbocycles. The Hall–Kier alpha value is -3.17. The first-order chi connectivity index (χ1) is 9.95. The minimum absolute atomic E-state index is 0.183. The van der Waals surface area contributed by atoms with Crippen molar-refractivity contribution >= 4 is 23.6 Å². The van der Waals surface area contributed by atoms with Gasteiger partial charge in [0.2, 0.25) is 5.76 Å². The predicted molar refractivity (Wildman–Crippen MR) is 65.5 cm³/mol. The zero-order valence-corrected chi connectivity index (χ0v) is 10.7. The summed E-state index contributed by atoms with van der Waals surface area (Å²) in [6.45, 7) is 1.05. The average molecular weight is 295 g/mol. The summed E-state index contributed by atoms with van der Waals surface area (Å²) < 4.78 is 14.0. The first-order valence-electron chi connectivity index (χ1n) is 5.60. The summed E-state index contributed by atoms with van der Waals surface area (Å²) in [4.78, 5) is 32.5. The average Bonchev–Trinajstić information content (AvgIpc) is 3.05. The number of nitro groups is 1. The van der Waals surface area contributed by atoms with Gasteiger partial charge in [-0.25, -0.2) is 4.79 Å². The van der Waals surface area contributed by atoms with Crippen LogP contribution in [0.3, 0.4) is 0 Å². The second-order valence-electron chi connectivity index (χ2n) is 3.84. The SMILES string of the molecule is Cc1cc(NC(=O)COC(=O)c2ccc([N+](=O)[O-])o2)no1. The number of nitrogens with zero attached hydrogens (tertiary/aromatic N) is 2. The number of aryl methyl sites for hydroxylation is 1. The molecule has 0 radical (unpaired) electrons. The molecular weight excluding hydrogens is 286 g/mol. The lowest BCUT2D eigenvalue weighted by Gasteiger charge is -2.02. The van der Waals surface area contributed by atoms with E-state index in [2.05, 4.69) is 19.6 Å². The van der Waals surface area contributed by atoms with E-state index in [1.165, 1.54) is 6.07 Å². The van der Waals surface area contributed by atoms with Crippen molar-refractivity contribution in [3.63, 3.8) is 0 Å². The molecule has 2 aromatic heterocycles. The largest absolute Gasteiger partial charge is 0.450 e. The molecule has 0 aliphatic rings. The van der Waals surface area contributed by atoms with Crippen LogP contribution >= 0.6 is 0 Å². The third-order valence-corrected chi connectivity index (χ3v) is 2.20. The molecule has 0 atom stereocenters. The highest BCUT2D eigenvalue weighted by Crippen LogP contribution is 2.16. The standard InChI is InChI=1S/C11H9N3O7/c1-6-4-8(13-21-6)12-9(15)5-19-11(16)7-2-3-10(20-7)14(17)18/h2-4H,5H2,1H3,(H,12,13,15). The van der Waals surface area contributed by atoms with E-state index in [1.54, 1.807) is 6.92 Å². The Balaban J connectivity index is 1.85. The first kappa shape index (κ1) is 14.2. The monoisotopic (exact) mass is 295 g/mol. The van der Waals surface area contributed by atoms with Gasteiger partial charge in [-0.3, -0.25) is 14.9 Å². The van der Waals surface area contributed by atoms with Gasteiger partial charge in [0.05, 0.1) is 6.07 Å². The van der Waals surface area contributed by atoms with E-state index < -0.39 is 29.3 Å². The van der Waals surface area contributed by atoms with Crippen LogP contribution in [0, 0.1) is 17.0 Å². The van der Waals surface area contributed by atoms with E-state index in [4.69, 9.17) is 4.52 Å². The maximum absolute atomic E-state index is 11.5. The van der Waals surface area contributed by atoms with Gasteiger partial charge >= 0.3 is 11.9 Å². The Kier molecular flexibility index (Phi) is 3.97. The number of carbonyl (C=O) groups is 2.